The molecule has 38 heavy (non-hydrogen) atoms. The first-order valence-corrected chi connectivity index (χ1v) is 14.0. The Bertz CT molecular complexity index is 1120. The highest BCUT2D eigenvalue weighted by Crippen LogP contribution is 2.40. The van der Waals surface area contributed by atoms with E-state index in [-0.39, 0.29) is 23.8 Å². The molecule has 2 saturated heterocycles. The van der Waals surface area contributed by atoms with Crippen LogP contribution >= 0.6 is 0 Å². The number of hydrogen-bond acceptors (Lipinski definition) is 7. The molecule has 1 aromatic carbocycles. The van der Waals surface area contributed by atoms with Crippen molar-refractivity contribution in [2.75, 3.05) is 51.9 Å². The minimum atomic E-state index is -1.10. The topological polar surface area (TPSA) is 72.9 Å². The van der Waals surface area contributed by atoms with Gasteiger partial charge in [-0.25, -0.2) is 14.2 Å². The van der Waals surface area contributed by atoms with E-state index in [0.29, 0.717) is 38.5 Å². The third-order valence-corrected chi connectivity index (χ3v) is 8.40. The lowest BCUT2D eigenvalue weighted by molar-refractivity contribution is -0.154. The number of carbonyl (C=O) groups excluding carboxylic acids is 1. The van der Waals surface area contributed by atoms with Gasteiger partial charge in [0.15, 0.2) is 0 Å². The number of nitrogens with one attached hydrogen (secondary N) is 1. The summed E-state index contributed by atoms with van der Waals surface area (Å²) in [4.78, 5) is 20.1. The van der Waals surface area contributed by atoms with E-state index in [1.165, 1.54) is 31.2 Å². The van der Waals surface area contributed by atoms with Gasteiger partial charge in [-0.2, -0.15) is 0 Å². The third kappa shape index (κ3) is 5.72. The van der Waals surface area contributed by atoms with Crippen molar-refractivity contribution in [3.8, 4) is 0 Å². The Morgan fingerprint density at radius 1 is 1.26 bits per heavy atom. The van der Waals surface area contributed by atoms with Crippen LogP contribution < -0.4 is 5.32 Å². The van der Waals surface area contributed by atoms with Crippen molar-refractivity contribution in [2.24, 2.45) is 0 Å². The molecular formula is C30H40FN3O4. The third-order valence-electron chi connectivity index (χ3n) is 8.40. The SMILES string of the molecule is COC(=O)C(C)(c1cc(F)ccc1C1CCOC1)N1CC[C@@H](OCCCCc2ccc3c(n2)NCCC3)C1. The highest BCUT2D eigenvalue weighted by Gasteiger charge is 2.47. The van der Waals surface area contributed by atoms with E-state index < -0.39 is 5.54 Å². The molecule has 206 valence electrons. The Hall–Kier alpha value is -2.55. The molecule has 0 aliphatic carbocycles. The van der Waals surface area contributed by atoms with E-state index in [2.05, 4.69) is 22.3 Å². The van der Waals surface area contributed by atoms with Gasteiger partial charge < -0.3 is 19.5 Å². The van der Waals surface area contributed by atoms with Crippen LogP contribution in [0.2, 0.25) is 0 Å². The normalized spacial score (nSPS) is 23.0. The number of hydrogen-bond donors (Lipinski definition) is 1. The maximum Gasteiger partial charge on any atom is 0.330 e. The number of unbranched alkanes of at least 4 members (excludes halogenated alkanes) is 1. The van der Waals surface area contributed by atoms with Crippen molar-refractivity contribution in [3.63, 3.8) is 0 Å². The number of aromatic nitrogens is 1. The second-order valence-electron chi connectivity index (χ2n) is 10.9. The zero-order chi connectivity index (χ0) is 26.5. The molecule has 0 saturated carbocycles. The average molecular weight is 526 g/mol. The van der Waals surface area contributed by atoms with Crippen LogP contribution in [0.25, 0.3) is 0 Å². The summed E-state index contributed by atoms with van der Waals surface area (Å²) in [6, 6.07) is 9.13. The van der Waals surface area contributed by atoms with Crippen LogP contribution in [-0.4, -0.2) is 68.5 Å². The smallest absolute Gasteiger partial charge is 0.330 e. The lowest BCUT2D eigenvalue weighted by atomic mass is 9.81. The van der Waals surface area contributed by atoms with Crippen LogP contribution in [0.4, 0.5) is 10.2 Å². The molecule has 0 amide bonds. The summed E-state index contributed by atoms with van der Waals surface area (Å²) < 4.78 is 31.6. The molecule has 1 N–H and O–H groups in total. The zero-order valence-electron chi connectivity index (χ0n) is 22.6. The van der Waals surface area contributed by atoms with Crippen LogP contribution in [-0.2, 0) is 37.4 Å². The van der Waals surface area contributed by atoms with Gasteiger partial charge in [0.05, 0.1) is 19.8 Å². The number of fused-ring (bicyclic) bond motifs is 1. The van der Waals surface area contributed by atoms with Crippen molar-refractivity contribution in [2.45, 2.75) is 69.4 Å². The van der Waals surface area contributed by atoms with E-state index in [1.807, 2.05) is 13.0 Å². The number of methoxy groups -OCH3 is 1. The second-order valence-corrected chi connectivity index (χ2v) is 10.9. The van der Waals surface area contributed by atoms with Crippen molar-refractivity contribution in [1.29, 1.82) is 0 Å². The van der Waals surface area contributed by atoms with Crippen molar-refractivity contribution >= 4 is 11.8 Å². The molecular weight excluding hydrogens is 485 g/mol. The fourth-order valence-corrected chi connectivity index (χ4v) is 6.13. The van der Waals surface area contributed by atoms with E-state index >= 15 is 0 Å². The monoisotopic (exact) mass is 525 g/mol. The van der Waals surface area contributed by atoms with E-state index in [0.717, 1.165) is 62.1 Å². The Morgan fingerprint density at radius 2 is 2.16 bits per heavy atom. The van der Waals surface area contributed by atoms with Gasteiger partial charge in [0, 0.05) is 44.5 Å². The Kier molecular flexibility index (Phi) is 8.61. The van der Waals surface area contributed by atoms with Gasteiger partial charge in [-0.05, 0) is 86.8 Å². The molecule has 3 aliphatic heterocycles. The van der Waals surface area contributed by atoms with E-state index in [4.69, 9.17) is 19.2 Å². The predicted molar refractivity (Wildman–Crippen MR) is 144 cm³/mol. The van der Waals surface area contributed by atoms with Crippen LogP contribution in [0, 0.1) is 5.82 Å². The summed E-state index contributed by atoms with van der Waals surface area (Å²) in [6.45, 7) is 6.06. The lowest BCUT2D eigenvalue weighted by Crippen LogP contribution is -2.50. The Labute approximate surface area is 225 Å². The summed E-state index contributed by atoms with van der Waals surface area (Å²) in [7, 11) is 1.40. The van der Waals surface area contributed by atoms with Gasteiger partial charge in [-0.1, -0.05) is 12.1 Å². The number of anilines is 1. The molecule has 2 fully saturated rings. The second kappa shape index (κ2) is 12.1. The predicted octanol–water partition coefficient (Wildman–Crippen LogP) is 4.58. The van der Waals surface area contributed by atoms with E-state index in [1.54, 1.807) is 0 Å². The van der Waals surface area contributed by atoms with Crippen LogP contribution in [0.5, 0.6) is 0 Å². The number of aryl methyl sites for hydroxylation is 2. The fraction of sp³-hybridized carbons (Fsp3) is 0.600. The first-order chi connectivity index (χ1) is 18.5. The van der Waals surface area contributed by atoms with Gasteiger partial charge in [-0.3, -0.25) is 4.90 Å². The largest absolute Gasteiger partial charge is 0.467 e. The highest BCUT2D eigenvalue weighted by atomic mass is 19.1. The standard InChI is InChI=1S/C30H40FN3O4/c1-30(29(35)36-2,27-18-23(31)9-11-26(27)22-13-17-37-20-22)34-15-12-25(19-34)38-16-4-3-7-24-10-8-21-6-5-14-32-28(21)33-24/h8-11,18,22,25H,3-7,12-17,19-20H2,1-2H3,(H,32,33)/t22?,25-,30?/m1/s1. The van der Waals surface area contributed by atoms with Gasteiger partial charge in [0.25, 0.3) is 0 Å². The lowest BCUT2D eigenvalue weighted by Gasteiger charge is -2.38. The molecule has 1 aromatic heterocycles. The zero-order valence-corrected chi connectivity index (χ0v) is 22.6. The number of carbonyl (C=O) groups is 1. The number of halogens is 1. The maximum atomic E-state index is 14.5. The first-order valence-electron chi connectivity index (χ1n) is 14.0. The van der Waals surface area contributed by atoms with Crippen LogP contribution in [0.1, 0.15) is 67.3 Å². The number of benzene rings is 1. The van der Waals surface area contributed by atoms with Crippen molar-refractivity contribution in [3.05, 3.63) is 58.5 Å². The quantitative estimate of drug-likeness (QED) is 0.359. The minimum Gasteiger partial charge on any atom is -0.467 e. The molecule has 5 rings (SSSR count). The van der Waals surface area contributed by atoms with Crippen molar-refractivity contribution < 1.29 is 23.4 Å². The molecule has 8 heteroatoms. The maximum absolute atomic E-state index is 14.5. The van der Waals surface area contributed by atoms with Crippen LogP contribution in [0.15, 0.2) is 30.3 Å². The molecule has 3 atom stereocenters. The summed E-state index contributed by atoms with van der Waals surface area (Å²) in [5, 5.41) is 3.40. The summed E-state index contributed by atoms with van der Waals surface area (Å²) in [5.74, 6) is 0.459. The van der Waals surface area contributed by atoms with Gasteiger partial charge in [0.1, 0.15) is 17.2 Å². The van der Waals surface area contributed by atoms with Gasteiger partial charge in [0.2, 0.25) is 0 Å². The molecule has 2 unspecified atom stereocenters. The molecule has 7 nitrogen and oxygen atoms in total. The fourth-order valence-electron chi connectivity index (χ4n) is 6.13. The molecule has 0 bridgehead atoms. The summed E-state index contributed by atoms with van der Waals surface area (Å²) in [6.07, 6.45) is 6.87. The molecule has 0 radical (unpaired) electrons. The van der Waals surface area contributed by atoms with Gasteiger partial charge >= 0.3 is 5.97 Å². The first kappa shape index (κ1) is 27.0. The number of rotatable bonds is 10. The summed E-state index contributed by atoms with van der Waals surface area (Å²) >= 11 is 0. The molecule has 0 spiro atoms. The Balaban J connectivity index is 1.18. The molecule has 4 heterocycles. The van der Waals surface area contributed by atoms with E-state index in [9.17, 15) is 9.18 Å². The molecule has 3 aliphatic rings. The number of ether oxygens (including phenoxy) is 3. The van der Waals surface area contributed by atoms with Gasteiger partial charge in [-0.15, -0.1) is 0 Å². The highest BCUT2D eigenvalue weighted by molar-refractivity contribution is 5.83. The number of likely N-dealkylation sites (tertiary alicyclic amines) is 1. The number of esters is 1. The number of pyridine rings is 1. The molecule has 2 aromatic rings. The minimum absolute atomic E-state index is 0.0249. The van der Waals surface area contributed by atoms with Crippen LogP contribution in [0.3, 0.4) is 0 Å². The average Bonchev–Trinajstić information content (AvgIpc) is 3.65. The van der Waals surface area contributed by atoms with Crippen molar-refractivity contribution in [1.82, 2.24) is 9.88 Å². The Morgan fingerprint density at radius 3 is 2.97 bits per heavy atom. The summed E-state index contributed by atoms with van der Waals surface area (Å²) in [5.41, 5.74) is 2.98. The number of nitrogens with zero attached hydrogens (tertiary/aromatic N) is 2.